The lowest BCUT2D eigenvalue weighted by atomic mass is 9.82. The molecule has 51 heavy (non-hydrogen) atoms. The van der Waals surface area contributed by atoms with E-state index in [9.17, 15) is 9.50 Å². The van der Waals surface area contributed by atoms with Crippen LogP contribution >= 0.6 is 15.9 Å². The summed E-state index contributed by atoms with van der Waals surface area (Å²) in [4.78, 5) is 17.6. The molecule has 9 rings (SSSR count). The number of alkyl halides is 1. The number of benzene rings is 2. The molecule has 5 aliphatic rings. The van der Waals surface area contributed by atoms with Gasteiger partial charge in [0.25, 0.3) is 12.0 Å². The monoisotopic (exact) mass is 754 g/mol. The molecule has 4 aliphatic heterocycles. The van der Waals surface area contributed by atoms with E-state index in [1.165, 1.54) is 26.2 Å². The molecule has 5 N–H and O–H groups in total. The Labute approximate surface area is 300 Å². The number of hydrogen-bond acceptors (Lipinski definition) is 12. The molecule has 6 heterocycles. The van der Waals surface area contributed by atoms with E-state index >= 15 is 0 Å². The maximum atomic E-state index is 13.9. The third kappa shape index (κ3) is 6.11. The zero-order valence-corrected chi connectivity index (χ0v) is 29.2. The molecule has 260 valence electrons. The zero-order valence-electron chi connectivity index (χ0n) is 27.6. The third-order valence-electron chi connectivity index (χ3n) is 8.82. The van der Waals surface area contributed by atoms with Crippen molar-refractivity contribution in [1.29, 1.82) is 0 Å². The van der Waals surface area contributed by atoms with E-state index in [4.69, 9.17) is 35.2 Å². The topological polar surface area (TPSA) is 169 Å². The fourth-order valence-electron chi connectivity index (χ4n) is 6.22. The second-order valence-corrected chi connectivity index (χ2v) is 14.3. The van der Waals surface area contributed by atoms with Crippen LogP contribution in [0.1, 0.15) is 54.5 Å². The van der Waals surface area contributed by atoms with Crippen LogP contribution in [0.5, 0.6) is 34.8 Å². The Hall–Kier alpha value is -5.55. The summed E-state index contributed by atoms with van der Waals surface area (Å²) in [6.07, 6.45) is 5.18. The SMILES string of the molecule is CC(C)(F)COc1cnc2c(c1)[C@]1(COC(N)=N1)c1cc(C#CC3CC3)ccc1O2.NC1=N[C@@]2(CO1)c1cc(Br)ccc1Oc1ncc(O)cc12. The van der Waals surface area contributed by atoms with Gasteiger partial charge < -0.3 is 40.3 Å². The van der Waals surface area contributed by atoms with Crippen LogP contribution in [0, 0.1) is 17.8 Å². The van der Waals surface area contributed by atoms with Gasteiger partial charge in [-0.25, -0.2) is 24.3 Å². The first-order chi connectivity index (χ1) is 24.4. The van der Waals surface area contributed by atoms with Crippen molar-refractivity contribution in [3.05, 3.63) is 93.2 Å². The van der Waals surface area contributed by atoms with Gasteiger partial charge in [-0.05, 0) is 75.2 Å². The van der Waals surface area contributed by atoms with Crippen molar-refractivity contribution >= 4 is 28.0 Å². The van der Waals surface area contributed by atoms with Gasteiger partial charge in [0.05, 0.1) is 23.5 Å². The Kier molecular flexibility index (Phi) is 7.71. The van der Waals surface area contributed by atoms with Crippen LogP contribution in [-0.2, 0) is 20.6 Å². The molecule has 0 radical (unpaired) electrons. The number of nitrogens with two attached hydrogens (primary N) is 2. The maximum absolute atomic E-state index is 13.9. The third-order valence-corrected chi connectivity index (χ3v) is 9.31. The zero-order chi connectivity index (χ0) is 35.5. The molecule has 0 saturated heterocycles. The number of aliphatic imine (C=N–C) groups is 2. The summed E-state index contributed by atoms with van der Waals surface area (Å²) in [5.74, 6) is 9.54. The van der Waals surface area contributed by atoms with E-state index in [1.54, 1.807) is 12.1 Å². The Morgan fingerprint density at radius 3 is 2.10 bits per heavy atom. The van der Waals surface area contributed by atoms with Gasteiger partial charge in [-0.3, -0.25) is 0 Å². The van der Waals surface area contributed by atoms with E-state index in [2.05, 4.69) is 47.7 Å². The lowest BCUT2D eigenvalue weighted by Gasteiger charge is -2.33. The minimum Gasteiger partial charge on any atom is -0.506 e. The molecule has 14 heteroatoms. The number of ether oxygens (including phenoxy) is 5. The summed E-state index contributed by atoms with van der Waals surface area (Å²) in [5.41, 5.74) is 12.2. The summed E-state index contributed by atoms with van der Waals surface area (Å²) < 4.78 is 43.2. The summed E-state index contributed by atoms with van der Waals surface area (Å²) in [5, 5.41) is 9.75. The molecule has 1 aliphatic carbocycles. The maximum Gasteiger partial charge on any atom is 0.283 e. The van der Waals surface area contributed by atoms with Gasteiger partial charge in [-0.15, -0.1) is 0 Å². The van der Waals surface area contributed by atoms with Crippen molar-refractivity contribution < 1.29 is 33.2 Å². The van der Waals surface area contributed by atoms with Crippen LogP contribution in [0.2, 0.25) is 0 Å². The van der Waals surface area contributed by atoms with Crippen molar-refractivity contribution in [2.45, 2.75) is 43.4 Å². The molecule has 2 atom stereocenters. The van der Waals surface area contributed by atoms with Crippen LogP contribution in [0.15, 0.2) is 75.4 Å². The lowest BCUT2D eigenvalue weighted by molar-refractivity contribution is 0.120. The number of aromatic nitrogens is 2. The average molecular weight is 756 g/mol. The predicted octanol–water partition coefficient (Wildman–Crippen LogP) is 5.91. The van der Waals surface area contributed by atoms with Gasteiger partial charge in [0.15, 0.2) is 11.1 Å². The van der Waals surface area contributed by atoms with Gasteiger partial charge in [0.2, 0.25) is 11.8 Å². The molecule has 2 spiro atoms. The largest absolute Gasteiger partial charge is 0.506 e. The minimum absolute atomic E-state index is 0.0378. The smallest absolute Gasteiger partial charge is 0.283 e. The minimum atomic E-state index is -1.47. The van der Waals surface area contributed by atoms with Crippen LogP contribution < -0.4 is 25.7 Å². The highest BCUT2D eigenvalue weighted by Gasteiger charge is 2.49. The van der Waals surface area contributed by atoms with Gasteiger partial charge in [-0.1, -0.05) is 27.8 Å². The fraction of sp³-hybridized carbons (Fsp3) is 0.297. The van der Waals surface area contributed by atoms with E-state index in [-0.39, 0.29) is 37.6 Å². The molecular formula is C37H32BrFN6O6. The molecule has 0 unspecified atom stereocenters. The summed E-state index contributed by atoms with van der Waals surface area (Å²) in [6, 6.07) is 14.9. The first kappa shape index (κ1) is 32.6. The van der Waals surface area contributed by atoms with Crippen LogP contribution in [0.3, 0.4) is 0 Å². The Morgan fingerprint density at radius 2 is 1.49 bits per heavy atom. The van der Waals surface area contributed by atoms with E-state index in [1.807, 2.05) is 36.4 Å². The van der Waals surface area contributed by atoms with Crippen molar-refractivity contribution in [2.24, 2.45) is 27.4 Å². The number of pyridine rings is 2. The van der Waals surface area contributed by atoms with Crippen molar-refractivity contribution in [2.75, 3.05) is 19.8 Å². The highest BCUT2D eigenvalue weighted by molar-refractivity contribution is 9.10. The standard InChI is InChI=1S/C23H22FN3O3.C14H10BrN3O3/c1-22(2,24)12-28-16-10-18-20(26-11-16)30-19-8-7-15(6-5-14-3-4-14)9-17(19)23(18)13-29-21(25)27-23;15-7-1-2-11-9(3-7)14(6-20-13(16)18-14)10-4-8(19)5-17-12(10)21-11/h7-11,14H,3-4,12-13H2,1-2H3,(H2,25,27);1-5,19H,6H2,(H2,16,18)/t23-;14-/m00/s1. The second kappa shape index (κ2) is 12.1. The van der Waals surface area contributed by atoms with Crippen LogP contribution in [0.4, 0.5) is 4.39 Å². The fourth-order valence-corrected chi connectivity index (χ4v) is 6.58. The number of nitrogens with zero attached hydrogens (tertiary/aromatic N) is 4. The lowest BCUT2D eigenvalue weighted by Crippen LogP contribution is -2.31. The second-order valence-electron chi connectivity index (χ2n) is 13.4. The van der Waals surface area contributed by atoms with E-state index in [0.29, 0.717) is 46.1 Å². The molecule has 0 bridgehead atoms. The number of halogens is 2. The molecule has 2 aromatic heterocycles. The normalized spacial score (nSPS) is 21.7. The molecule has 12 nitrogen and oxygen atoms in total. The number of amidine groups is 2. The molecular weight excluding hydrogens is 723 g/mol. The van der Waals surface area contributed by atoms with Crippen molar-refractivity contribution in [3.8, 4) is 46.6 Å². The molecule has 1 saturated carbocycles. The van der Waals surface area contributed by atoms with Gasteiger partial charge in [0, 0.05) is 27.1 Å². The summed E-state index contributed by atoms with van der Waals surface area (Å²) in [6.45, 7) is 3.27. The Morgan fingerprint density at radius 1 is 0.882 bits per heavy atom. The molecule has 0 amide bonds. The first-order valence-corrected chi connectivity index (χ1v) is 17.0. The molecule has 4 aromatic rings. The van der Waals surface area contributed by atoms with E-state index < -0.39 is 16.7 Å². The highest BCUT2D eigenvalue weighted by Crippen LogP contribution is 2.52. The molecule has 2 aromatic carbocycles. The van der Waals surface area contributed by atoms with Gasteiger partial charge in [-0.2, -0.15) is 0 Å². The summed E-state index contributed by atoms with van der Waals surface area (Å²) >= 11 is 3.45. The van der Waals surface area contributed by atoms with Crippen molar-refractivity contribution in [1.82, 2.24) is 9.97 Å². The Balaban J connectivity index is 0.000000156. The number of aromatic hydroxyl groups is 1. The van der Waals surface area contributed by atoms with E-state index in [0.717, 1.165) is 34.0 Å². The van der Waals surface area contributed by atoms with Gasteiger partial charge in [0.1, 0.15) is 48.5 Å². The number of hydrogen-bond donors (Lipinski definition) is 3. The highest BCUT2D eigenvalue weighted by atomic mass is 79.9. The Bertz CT molecular complexity index is 2160. The predicted molar refractivity (Wildman–Crippen MR) is 188 cm³/mol. The van der Waals surface area contributed by atoms with Crippen LogP contribution in [-0.4, -0.2) is 52.6 Å². The number of rotatable bonds is 3. The first-order valence-electron chi connectivity index (χ1n) is 16.2. The quantitative estimate of drug-likeness (QED) is 0.214. The van der Waals surface area contributed by atoms with Crippen LogP contribution in [0.25, 0.3) is 0 Å². The average Bonchev–Trinajstić information content (AvgIpc) is 3.74. The number of fused-ring (bicyclic) bond motifs is 8. The summed E-state index contributed by atoms with van der Waals surface area (Å²) in [7, 11) is 0. The van der Waals surface area contributed by atoms with Gasteiger partial charge >= 0.3 is 0 Å². The van der Waals surface area contributed by atoms with Crippen molar-refractivity contribution in [3.63, 3.8) is 0 Å². The molecule has 1 fully saturated rings.